The third-order valence-corrected chi connectivity index (χ3v) is 0.936. The Kier molecular flexibility index (Phi) is 2.84. The maximum Gasteiger partial charge on any atom is 0.242 e. The first-order valence-corrected chi connectivity index (χ1v) is 2.47. The number of primary amides is 1. The summed E-state index contributed by atoms with van der Waals surface area (Å²) < 4.78 is 0. The van der Waals surface area contributed by atoms with Crippen LogP contribution >= 0.6 is 0 Å². The van der Waals surface area contributed by atoms with Gasteiger partial charge in [-0.25, -0.2) is 0 Å². The highest BCUT2D eigenvalue weighted by Gasteiger charge is 2.06. The third kappa shape index (κ3) is 1.73. The lowest BCUT2D eigenvalue weighted by molar-refractivity contribution is -0.119. The van der Waals surface area contributed by atoms with Crippen LogP contribution in [0.15, 0.2) is 4.99 Å². The van der Waals surface area contributed by atoms with E-state index in [1.165, 1.54) is 0 Å². The molecule has 0 radical (unpaired) electrons. The van der Waals surface area contributed by atoms with Crippen molar-refractivity contribution in [2.45, 2.75) is 19.4 Å². The molecule has 0 fully saturated rings. The quantitative estimate of drug-likeness (QED) is 0.514. The molecule has 0 aliphatic carbocycles. The predicted octanol–water partition coefficient (Wildman–Crippen LogP) is -0.0491. The number of nitrogens with zero attached hydrogens (tertiary/aromatic N) is 1. The van der Waals surface area contributed by atoms with Crippen LogP contribution < -0.4 is 5.73 Å². The molecular formula is C5H10N2O. The molecule has 0 aromatic carbocycles. The number of rotatable bonds is 3. The van der Waals surface area contributed by atoms with E-state index in [2.05, 4.69) is 11.7 Å². The van der Waals surface area contributed by atoms with Gasteiger partial charge in [0.2, 0.25) is 5.91 Å². The van der Waals surface area contributed by atoms with Crippen LogP contribution in [0.25, 0.3) is 0 Å². The minimum absolute atomic E-state index is 0.394. The third-order valence-electron chi connectivity index (χ3n) is 0.936. The van der Waals surface area contributed by atoms with Crippen molar-refractivity contribution in [2.75, 3.05) is 0 Å². The van der Waals surface area contributed by atoms with Gasteiger partial charge in [-0.2, -0.15) is 0 Å². The van der Waals surface area contributed by atoms with Crippen molar-refractivity contribution in [3.8, 4) is 0 Å². The Labute approximate surface area is 48.6 Å². The summed E-state index contributed by atoms with van der Waals surface area (Å²) in [6.45, 7) is 5.04. The lowest BCUT2D eigenvalue weighted by atomic mass is 10.2. The number of carbonyl (C=O) groups is 1. The summed E-state index contributed by atoms with van der Waals surface area (Å²) in [4.78, 5) is 13.7. The average Bonchev–Trinajstić information content (AvgIpc) is 1.69. The Morgan fingerprint density at radius 1 is 2.00 bits per heavy atom. The molecule has 0 aromatic heterocycles. The zero-order valence-corrected chi connectivity index (χ0v) is 4.92. The van der Waals surface area contributed by atoms with Crippen LogP contribution in [0.3, 0.4) is 0 Å². The molecule has 0 spiro atoms. The fraction of sp³-hybridized carbons (Fsp3) is 0.600. The minimum Gasteiger partial charge on any atom is -0.368 e. The van der Waals surface area contributed by atoms with Gasteiger partial charge in [0.1, 0.15) is 6.04 Å². The van der Waals surface area contributed by atoms with E-state index in [1.807, 2.05) is 6.92 Å². The Morgan fingerprint density at radius 2 is 2.50 bits per heavy atom. The molecular weight excluding hydrogens is 104 g/mol. The van der Waals surface area contributed by atoms with Gasteiger partial charge in [0.15, 0.2) is 0 Å². The van der Waals surface area contributed by atoms with E-state index in [9.17, 15) is 4.79 Å². The smallest absolute Gasteiger partial charge is 0.242 e. The average molecular weight is 114 g/mol. The van der Waals surface area contributed by atoms with Crippen molar-refractivity contribution in [3.63, 3.8) is 0 Å². The monoisotopic (exact) mass is 114 g/mol. The summed E-state index contributed by atoms with van der Waals surface area (Å²) in [6.07, 6.45) is 0.638. The summed E-state index contributed by atoms with van der Waals surface area (Å²) in [5.41, 5.74) is 4.89. The van der Waals surface area contributed by atoms with E-state index in [0.29, 0.717) is 6.42 Å². The Hall–Kier alpha value is -0.860. The van der Waals surface area contributed by atoms with Gasteiger partial charge in [-0.1, -0.05) is 6.92 Å². The second-order valence-electron chi connectivity index (χ2n) is 1.51. The van der Waals surface area contributed by atoms with Crippen molar-refractivity contribution < 1.29 is 4.79 Å². The summed E-state index contributed by atoms with van der Waals surface area (Å²) >= 11 is 0. The van der Waals surface area contributed by atoms with E-state index in [1.54, 1.807) is 0 Å². The highest BCUT2D eigenvalue weighted by atomic mass is 16.1. The van der Waals surface area contributed by atoms with Crippen LogP contribution in [-0.2, 0) is 4.79 Å². The van der Waals surface area contributed by atoms with E-state index >= 15 is 0 Å². The lowest BCUT2D eigenvalue weighted by Gasteiger charge is -2.00. The number of hydrogen-bond donors (Lipinski definition) is 1. The first kappa shape index (κ1) is 7.14. The van der Waals surface area contributed by atoms with Crippen LogP contribution in [0, 0.1) is 0 Å². The van der Waals surface area contributed by atoms with Crippen LogP contribution in [-0.4, -0.2) is 18.7 Å². The minimum atomic E-state index is -0.400. The summed E-state index contributed by atoms with van der Waals surface area (Å²) in [6, 6.07) is -0.394. The van der Waals surface area contributed by atoms with E-state index in [0.717, 1.165) is 0 Å². The van der Waals surface area contributed by atoms with Crippen molar-refractivity contribution in [2.24, 2.45) is 10.7 Å². The first-order valence-electron chi connectivity index (χ1n) is 2.47. The molecule has 3 nitrogen and oxygen atoms in total. The molecule has 3 heteroatoms. The van der Waals surface area contributed by atoms with Gasteiger partial charge < -0.3 is 5.73 Å². The number of carbonyl (C=O) groups excluding carboxylic acids is 1. The molecule has 0 saturated heterocycles. The van der Waals surface area contributed by atoms with Gasteiger partial charge in [0.05, 0.1) is 0 Å². The molecule has 46 valence electrons. The van der Waals surface area contributed by atoms with Crippen molar-refractivity contribution >= 4 is 12.6 Å². The number of amides is 1. The Morgan fingerprint density at radius 3 is 2.50 bits per heavy atom. The number of aliphatic imine (C=N–C) groups is 1. The van der Waals surface area contributed by atoms with Crippen LogP contribution in [0.2, 0.25) is 0 Å². The normalized spacial score (nSPS) is 12.6. The molecule has 0 aliphatic rings. The maximum atomic E-state index is 10.3. The summed E-state index contributed by atoms with van der Waals surface area (Å²) in [7, 11) is 0. The molecule has 0 bridgehead atoms. The molecule has 0 saturated carbocycles. The van der Waals surface area contributed by atoms with Gasteiger partial charge in [0.25, 0.3) is 0 Å². The van der Waals surface area contributed by atoms with Crippen LogP contribution in [0.4, 0.5) is 0 Å². The Balaban J connectivity index is 3.69. The van der Waals surface area contributed by atoms with Crippen LogP contribution in [0.5, 0.6) is 0 Å². The van der Waals surface area contributed by atoms with Crippen molar-refractivity contribution in [1.29, 1.82) is 0 Å². The van der Waals surface area contributed by atoms with Gasteiger partial charge in [-0.05, 0) is 13.1 Å². The molecule has 1 atom stereocenters. The number of nitrogens with two attached hydrogens (primary N) is 1. The van der Waals surface area contributed by atoms with Gasteiger partial charge in [-0.15, -0.1) is 0 Å². The molecule has 1 amide bonds. The van der Waals surface area contributed by atoms with Gasteiger partial charge in [-0.3, -0.25) is 9.79 Å². The molecule has 1 unspecified atom stereocenters. The Bertz CT molecular complexity index is 101. The predicted molar refractivity (Wildman–Crippen MR) is 32.8 cm³/mol. The highest BCUT2D eigenvalue weighted by molar-refractivity contribution is 5.80. The van der Waals surface area contributed by atoms with Crippen molar-refractivity contribution in [1.82, 2.24) is 0 Å². The second kappa shape index (κ2) is 3.18. The topological polar surface area (TPSA) is 55.4 Å². The molecule has 0 rings (SSSR count). The van der Waals surface area contributed by atoms with Crippen molar-refractivity contribution in [3.05, 3.63) is 0 Å². The fourth-order valence-electron chi connectivity index (χ4n) is 0.420. The maximum absolute atomic E-state index is 10.3. The largest absolute Gasteiger partial charge is 0.368 e. The van der Waals surface area contributed by atoms with E-state index in [4.69, 9.17) is 5.73 Å². The zero-order chi connectivity index (χ0) is 6.57. The molecule has 0 aromatic rings. The standard InChI is InChI=1S/C5H10N2O/c1-3-4(7-2)5(6)8/h4H,2-3H2,1H3,(H2,6,8). The van der Waals surface area contributed by atoms with Gasteiger partial charge in [0, 0.05) is 0 Å². The summed E-state index contributed by atoms with van der Waals surface area (Å²) in [5, 5.41) is 0. The molecule has 0 heterocycles. The number of hydrogen-bond acceptors (Lipinski definition) is 2. The lowest BCUT2D eigenvalue weighted by Crippen LogP contribution is -2.25. The molecule has 0 aliphatic heterocycles. The summed E-state index contributed by atoms with van der Waals surface area (Å²) in [5.74, 6) is -0.400. The molecule has 2 N–H and O–H groups in total. The van der Waals surface area contributed by atoms with E-state index < -0.39 is 11.9 Å². The van der Waals surface area contributed by atoms with Crippen LogP contribution in [0.1, 0.15) is 13.3 Å². The molecule has 8 heavy (non-hydrogen) atoms. The fourth-order valence-corrected chi connectivity index (χ4v) is 0.420. The van der Waals surface area contributed by atoms with Gasteiger partial charge >= 0.3 is 0 Å². The SMILES string of the molecule is C=NC(CC)C(N)=O. The zero-order valence-electron chi connectivity index (χ0n) is 4.92. The highest BCUT2D eigenvalue weighted by Crippen LogP contribution is 1.92. The second-order valence-corrected chi connectivity index (χ2v) is 1.51. The van der Waals surface area contributed by atoms with E-state index in [-0.39, 0.29) is 0 Å². The first-order chi connectivity index (χ1) is 3.72.